The molecular formula is C28H26N4O3. The van der Waals surface area contributed by atoms with Crippen molar-refractivity contribution >= 4 is 33.4 Å². The zero-order valence-electron chi connectivity index (χ0n) is 20.4. The highest BCUT2D eigenvalue weighted by Crippen LogP contribution is 2.30. The molecule has 7 nitrogen and oxygen atoms in total. The number of nitrogens with zero attached hydrogens (tertiary/aromatic N) is 4. The number of hydrogen-bond acceptors (Lipinski definition) is 4. The van der Waals surface area contributed by atoms with Crippen molar-refractivity contribution in [2.24, 2.45) is 7.05 Å². The lowest BCUT2D eigenvalue weighted by atomic mass is 10.1. The second-order valence-corrected chi connectivity index (χ2v) is 8.70. The zero-order valence-corrected chi connectivity index (χ0v) is 20.4. The lowest BCUT2D eigenvalue weighted by Crippen LogP contribution is -2.32. The van der Waals surface area contributed by atoms with Gasteiger partial charge in [-0.15, -0.1) is 0 Å². The summed E-state index contributed by atoms with van der Waals surface area (Å²) in [4.78, 5) is 29.2. The molecule has 176 valence electrons. The fraction of sp³-hybridized carbons (Fsp3) is 0.179. The highest BCUT2D eigenvalue weighted by atomic mass is 16.5. The average molecular weight is 467 g/mol. The molecule has 0 bridgehead atoms. The smallest absolute Gasteiger partial charge is 0.296 e. The van der Waals surface area contributed by atoms with Crippen LogP contribution in [0, 0.1) is 13.8 Å². The van der Waals surface area contributed by atoms with Gasteiger partial charge in [-0.05, 0) is 67.4 Å². The molecule has 0 aliphatic rings. The van der Waals surface area contributed by atoms with E-state index in [1.807, 2.05) is 67.9 Å². The second kappa shape index (κ2) is 8.43. The molecular weight excluding hydrogens is 440 g/mol. The Morgan fingerprint density at radius 2 is 1.69 bits per heavy atom. The van der Waals surface area contributed by atoms with E-state index in [1.165, 1.54) is 4.68 Å². The lowest BCUT2D eigenvalue weighted by molar-refractivity contribution is 0.0988. The van der Waals surface area contributed by atoms with Crippen LogP contribution in [-0.4, -0.2) is 34.4 Å². The normalized spacial score (nSPS) is 11.2. The van der Waals surface area contributed by atoms with Gasteiger partial charge >= 0.3 is 0 Å². The molecule has 3 aromatic carbocycles. The minimum atomic E-state index is -0.297. The number of benzene rings is 3. The maximum atomic E-state index is 13.9. The number of hydrogen-bond donors (Lipinski definition) is 0. The van der Waals surface area contributed by atoms with Gasteiger partial charge in [0.25, 0.3) is 11.5 Å². The first-order chi connectivity index (χ1) is 16.8. The third kappa shape index (κ3) is 3.56. The number of fused-ring (bicyclic) bond motifs is 3. The van der Waals surface area contributed by atoms with Crippen LogP contribution in [0.25, 0.3) is 27.5 Å². The Hall–Kier alpha value is -4.39. The number of aromatic nitrogens is 3. The number of para-hydroxylation sites is 1. The minimum Gasteiger partial charge on any atom is -0.497 e. The third-order valence-corrected chi connectivity index (χ3v) is 6.64. The molecule has 0 atom stereocenters. The maximum Gasteiger partial charge on any atom is 0.296 e. The van der Waals surface area contributed by atoms with Crippen LogP contribution in [0.5, 0.6) is 5.75 Å². The fourth-order valence-electron chi connectivity index (χ4n) is 4.44. The maximum absolute atomic E-state index is 13.9. The van der Waals surface area contributed by atoms with E-state index in [2.05, 4.69) is 5.10 Å². The molecule has 0 unspecified atom stereocenters. The predicted octanol–water partition coefficient (Wildman–Crippen LogP) is 4.78. The number of rotatable bonds is 4. The van der Waals surface area contributed by atoms with Crippen LogP contribution in [0.1, 0.15) is 21.6 Å². The second-order valence-electron chi connectivity index (χ2n) is 8.70. The molecule has 0 aliphatic heterocycles. The topological polar surface area (TPSA) is 69.4 Å². The van der Waals surface area contributed by atoms with E-state index < -0.39 is 0 Å². The molecule has 2 aromatic heterocycles. The van der Waals surface area contributed by atoms with Gasteiger partial charge in [0.2, 0.25) is 0 Å². The van der Waals surface area contributed by atoms with Gasteiger partial charge in [-0.1, -0.05) is 24.3 Å². The first-order valence-corrected chi connectivity index (χ1v) is 11.3. The number of ether oxygens (including phenoxy) is 1. The van der Waals surface area contributed by atoms with E-state index in [-0.39, 0.29) is 17.2 Å². The van der Waals surface area contributed by atoms with Gasteiger partial charge in [-0.3, -0.25) is 9.59 Å². The summed E-state index contributed by atoms with van der Waals surface area (Å²) in [5.41, 5.74) is 4.75. The van der Waals surface area contributed by atoms with Crippen molar-refractivity contribution in [2.75, 3.05) is 19.1 Å². The monoisotopic (exact) mass is 466 g/mol. The molecule has 5 aromatic rings. The first-order valence-electron chi connectivity index (χ1n) is 11.3. The van der Waals surface area contributed by atoms with Crippen molar-refractivity contribution < 1.29 is 9.53 Å². The molecule has 0 saturated carbocycles. The fourth-order valence-corrected chi connectivity index (χ4v) is 4.44. The summed E-state index contributed by atoms with van der Waals surface area (Å²) < 4.78 is 8.38. The van der Waals surface area contributed by atoms with Gasteiger partial charge in [0.1, 0.15) is 11.3 Å². The average Bonchev–Trinajstić information content (AvgIpc) is 3.18. The molecule has 0 aliphatic carbocycles. The number of carbonyl (C=O) groups is 1. The van der Waals surface area contributed by atoms with Crippen LogP contribution in [0.2, 0.25) is 0 Å². The van der Waals surface area contributed by atoms with E-state index in [4.69, 9.17) is 4.74 Å². The summed E-state index contributed by atoms with van der Waals surface area (Å²) in [5.74, 6) is 0.370. The summed E-state index contributed by atoms with van der Waals surface area (Å²) >= 11 is 0. The lowest BCUT2D eigenvalue weighted by Gasteiger charge is -2.19. The molecule has 2 heterocycles. The summed E-state index contributed by atoms with van der Waals surface area (Å²) in [7, 11) is 5.15. The molecule has 5 rings (SSSR count). The molecule has 0 N–H and O–H groups in total. The number of carbonyl (C=O) groups excluding carboxylic acids is 1. The van der Waals surface area contributed by atoms with Crippen LogP contribution in [0.3, 0.4) is 0 Å². The molecule has 7 heteroatoms. The molecule has 0 spiro atoms. The van der Waals surface area contributed by atoms with Crippen molar-refractivity contribution in [3.8, 4) is 11.4 Å². The van der Waals surface area contributed by atoms with Crippen LogP contribution >= 0.6 is 0 Å². The molecule has 1 amide bonds. The summed E-state index contributed by atoms with van der Waals surface area (Å²) in [6, 6.07) is 20.6. The summed E-state index contributed by atoms with van der Waals surface area (Å²) in [5, 5.41) is 6.00. The predicted molar refractivity (Wildman–Crippen MR) is 139 cm³/mol. The quantitative estimate of drug-likeness (QED) is 0.382. The highest BCUT2D eigenvalue weighted by Gasteiger charge is 2.26. The van der Waals surface area contributed by atoms with Gasteiger partial charge < -0.3 is 14.2 Å². The minimum absolute atomic E-state index is 0.216. The van der Waals surface area contributed by atoms with Crippen molar-refractivity contribution in [3.05, 3.63) is 93.9 Å². The molecule has 0 fully saturated rings. The Kier molecular flexibility index (Phi) is 5.40. The van der Waals surface area contributed by atoms with Crippen LogP contribution in [-0.2, 0) is 7.05 Å². The first kappa shape index (κ1) is 22.4. The number of anilines is 1. The van der Waals surface area contributed by atoms with Crippen LogP contribution in [0.15, 0.2) is 71.5 Å². The van der Waals surface area contributed by atoms with Gasteiger partial charge in [0.15, 0.2) is 5.69 Å². The van der Waals surface area contributed by atoms with Crippen molar-refractivity contribution in [2.45, 2.75) is 13.8 Å². The highest BCUT2D eigenvalue weighted by molar-refractivity contribution is 6.20. The molecule has 35 heavy (non-hydrogen) atoms. The number of amides is 1. The Morgan fingerprint density at radius 3 is 2.37 bits per heavy atom. The van der Waals surface area contributed by atoms with Gasteiger partial charge in [0.05, 0.1) is 12.8 Å². The Bertz CT molecular complexity index is 1660. The Balaban J connectivity index is 1.80. The van der Waals surface area contributed by atoms with E-state index in [0.29, 0.717) is 22.3 Å². The van der Waals surface area contributed by atoms with E-state index >= 15 is 0 Å². The SMILES string of the molecule is COc1ccc(-n2nc(C(=O)N(C)c3ccc(C)c(C)c3)c3c4ccccc4n(C)c3c2=O)cc1. The van der Waals surface area contributed by atoms with Crippen molar-refractivity contribution in [1.82, 2.24) is 14.3 Å². The zero-order chi connectivity index (χ0) is 24.9. The van der Waals surface area contributed by atoms with Gasteiger partial charge in [0, 0.05) is 36.1 Å². The molecule has 0 saturated heterocycles. The summed E-state index contributed by atoms with van der Waals surface area (Å²) in [6.07, 6.45) is 0. The van der Waals surface area contributed by atoms with Crippen molar-refractivity contribution in [3.63, 3.8) is 0 Å². The van der Waals surface area contributed by atoms with Gasteiger partial charge in [-0.2, -0.15) is 9.78 Å². The van der Waals surface area contributed by atoms with Crippen LogP contribution in [0.4, 0.5) is 5.69 Å². The van der Waals surface area contributed by atoms with E-state index in [9.17, 15) is 9.59 Å². The van der Waals surface area contributed by atoms with Gasteiger partial charge in [-0.25, -0.2) is 0 Å². The largest absolute Gasteiger partial charge is 0.497 e. The Morgan fingerprint density at radius 1 is 0.971 bits per heavy atom. The molecule has 0 radical (unpaired) electrons. The van der Waals surface area contributed by atoms with E-state index in [0.717, 1.165) is 27.7 Å². The summed E-state index contributed by atoms with van der Waals surface area (Å²) in [6.45, 7) is 4.05. The number of methoxy groups -OCH3 is 1. The standard InChI is InChI=1S/C28H26N4O3/c1-17-10-11-20(16-18(17)2)30(3)27(33)25-24-22-8-6-7-9-23(22)31(4)26(24)28(34)32(29-25)19-12-14-21(35-5)15-13-19/h6-16H,1-5H3. The van der Waals surface area contributed by atoms with E-state index in [1.54, 1.807) is 43.3 Å². The van der Waals surface area contributed by atoms with Crippen molar-refractivity contribution in [1.29, 1.82) is 0 Å². The number of aryl methyl sites for hydroxylation is 3. The third-order valence-electron chi connectivity index (χ3n) is 6.64. The Labute approximate surface area is 202 Å². The van der Waals surface area contributed by atoms with Crippen LogP contribution < -0.4 is 15.2 Å².